The van der Waals surface area contributed by atoms with Gasteiger partial charge in [-0.2, -0.15) is 11.8 Å². The lowest BCUT2D eigenvalue weighted by atomic mass is 9.82. The Bertz CT molecular complexity index is 1120. The summed E-state index contributed by atoms with van der Waals surface area (Å²) in [7, 11) is -3.52. The SMILES string of the molecule is CSCC[C@H](NC(=O)OCc1ccccc1)C(=O)N[C@H]1CC[C@@H](NC(=O)OC(C)(C)C)C[C@H]1CS(=O)(=O)C(C)(C)C. The number of hydrogen-bond acceptors (Lipinski definition) is 8. The minimum absolute atomic E-state index is 0.0743. The predicted molar refractivity (Wildman–Crippen MR) is 163 cm³/mol. The number of sulfone groups is 1. The fourth-order valence-corrected chi connectivity index (χ4v) is 6.37. The molecule has 0 aliphatic heterocycles. The molecule has 0 bridgehead atoms. The molecule has 0 heterocycles. The minimum atomic E-state index is -3.52. The molecule has 1 fully saturated rings. The van der Waals surface area contributed by atoms with Crippen LogP contribution in [0.25, 0.3) is 0 Å². The molecule has 0 radical (unpaired) electrons. The third-order valence-electron chi connectivity index (χ3n) is 6.83. The summed E-state index contributed by atoms with van der Waals surface area (Å²) in [5.74, 6) is -0.345. The molecule has 12 heteroatoms. The van der Waals surface area contributed by atoms with Crippen LogP contribution in [0.2, 0.25) is 0 Å². The normalized spacial score (nSPS) is 20.4. The largest absolute Gasteiger partial charge is 0.445 e. The fraction of sp³-hybridized carbons (Fsp3) is 0.690. The van der Waals surface area contributed by atoms with Crippen LogP contribution >= 0.6 is 11.8 Å². The highest BCUT2D eigenvalue weighted by Gasteiger charge is 2.40. The first kappa shape index (κ1) is 34.7. The highest BCUT2D eigenvalue weighted by molar-refractivity contribution is 7.98. The minimum Gasteiger partial charge on any atom is -0.445 e. The van der Waals surface area contributed by atoms with Gasteiger partial charge >= 0.3 is 12.2 Å². The van der Waals surface area contributed by atoms with Gasteiger partial charge < -0.3 is 25.4 Å². The van der Waals surface area contributed by atoms with Gasteiger partial charge in [0.2, 0.25) is 5.91 Å². The van der Waals surface area contributed by atoms with Gasteiger partial charge in [0.1, 0.15) is 18.2 Å². The Kier molecular flexibility index (Phi) is 12.8. The van der Waals surface area contributed by atoms with Gasteiger partial charge in [0.05, 0.1) is 10.5 Å². The van der Waals surface area contributed by atoms with Crippen molar-refractivity contribution >= 4 is 39.7 Å². The van der Waals surface area contributed by atoms with E-state index < -0.39 is 56.3 Å². The molecule has 1 aromatic rings. The molecular weight excluding hydrogens is 566 g/mol. The number of carbonyl (C=O) groups excluding carboxylic acids is 3. The number of hydrogen-bond donors (Lipinski definition) is 3. The third kappa shape index (κ3) is 12.1. The topological polar surface area (TPSA) is 140 Å². The number of benzene rings is 1. The molecule has 3 N–H and O–H groups in total. The number of rotatable bonds is 11. The Morgan fingerprint density at radius 2 is 1.66 bits per heavy atom. The van der Waals surface area contributed by atoms with E-state index in [1.54, 1.807) is 53.3 Å². The molecule has 4 atom stereocenters. The fourth-order valence-electron chi connectivity index (χ4n) is 4.47. The summed E-state index contributed by atoms with van der Waals surface area (Å²) in [5, 5.41) is 8.56. The van der Waals surface area contributed by atoms with Gasteiger partial charge in [-0.15, -0.1) is 0 Å². The summed E-state index contributed by atoms with van der Waals surface area (Å²) in [6, 6.07) is 7.65. The molecule has 1 saturated carbocycles. The van der Waals surface area contributed by atoms with Gasteiger partial charge in [0, 0.05) is 12.1 Å². The van der Waals surface area contributed by atoms with E-state index >= 15 is 0 Å². The summed E-state index contributed by atoms with van der Waals surface area (Å²) in [4.78, 5) is 38.4. The van der Waals surface area contributed by atoms with E-state index in [9.17, 15) is 22.8 Å². The second-order valence-electron chi connectivity index (χ2n) is 12.5. The van der Waals surface area contributed by atoms with Gasteiger partial charge in [-0.1, -0.05) is 30.3 Å². The second-order valence-corrected chi connectivity index (χ2v) is 16.2. The zero-order valence-electron chi connectivity index (χ0n) is 25.3. The van der Waals surface area contributed by atoms with E-state index in [1.807, 2.05) is 36.6 Å². The van der Waals surface area contributed by atoms with Crippen LogP contribution in [-0.4, -0.2) is 72.7 Å². The Morgan fingerprint density at radius 3 is 2.24 bits per heavy atom. The van der Waals surface area contributed by atoms with Crippen molar-refractivity contribution in [3.8, 4) is 0 Å². The molecule has 1 aliphatic carbocycles. The molecule has 1 aromatic carbocycles. The van der Waals surface area contributed by atoms with Crippen LogP contribution in [0.1, 0.15) is 72.8 Å². The van der Waals surface area contributed by atoms with E-state index in [4.69, 9.17) is 9.47 Å². The molecule has 1 aliphatic rings. The lowest BCUT2D eigenvalue weighted by molar-refractivity contribution is -0.124. The third-order valence-corrected chi connectivity index (χ3v) is 10.2. The molecule has 0 spiro atoms. The van der Waals surface area contributed by atoms with Gasteiger partial charge in [-0.25, -0.2) is 18.0 Å². The first-order valence-corrected chi connectivity index (χ1v) is 17.0. The van der Waals surface area contributed by atoms with Crippen molar-refractivity contribution in [1.82, 2.24) is 16.0 Å². The molecule has 0 aromatic heterocycles. The smallest absolute Gasteiger partial charge is 0.408 e. The Labute approximate surface area is 249 Å². The summed E-state index contributed by atoms with van der Waals surface area (Å²) in [5.41, 5.74) is 0.165. The number of ether oxygens (including phenoxy) is 2. The second kappa shape index (κ2) is 15.1. The van der Waals surface area contributed by atoms with Crippen LogP contribution < -0.4 is 16.0 Å². The maximum Gasteiger partial charge on any atom is 0.408 e. The lowest BCUT2D eigenvalue weighted by Gasteiger charge is -2.38. The first-order valence-electron chi connectivity index (χ1n) is 14.0. The average Bonchev–Trinajstić information content (AvgIpc) is 2.85. The van der Waals surface area contributed by atoms with Crippen molar-refractivity contribution in [2.24, 2.45) is 5.92 Å². The number of nitrogens with one attached hydrogen (secondary N) is 3. The highest BCUT2D eigenvalue weighted by atomic mass is 32.2. The van der Waals surface area contributed by atoms with E-state index in [0.29, 0.717) is 31.4 Å². The zero-order chi connectivity index (χ0) is 30.8. The zero-order valence-corrected chi connectivity index (χ0v) is 27.0. The first-order chi connectivity index (χ1) is 19.0. The Balaban J connectivity index is 2.13. The van der Waals surface area contributed by atoms with Crippen LogP contribution in [0.3, 0.4) is 0 Å². The van der Waals surface area contributed by atoms with Crippen molar-refractivity contribution in [2.45, 2.75) is 102 Å². The van der Waals surface area contributed by atoms with Crippen LogP contribution in [0, 0.1) is 5.92 Å². The van der Waals surface area contributed by atoms with Gasteiger partial charge in [0.25, 0.3) is 0 Å². The molecule has 2 rings (SSSR count). The van der Waals surface area contributed by atoms with Crippen LogP contribution in [0.15, 0.2) is 30.3 Å². The van der Waals surface area contributed by atoms with Crippen molar-refractivity contribution in [3.05, 3.63) is 35.9 Å². The van der Waals surface area contributed by atoms with Gasteiger partial charge in [-0.05, 0) is 90.7 Å². The Morgan fingerprint density at radius 1 is 1.00 bits per heavy atom. The van der Waals surface area contributed by atoms with Crippen molar-refractivity contribution in [3.63, 3.8) is 0 Å². The van der Waals surface area contributed by atoms with E-state index in [-0.39, 0.29) is 18.4 Å². The monoisotopic (exact) mass is 613 g/mol. The van der Waals surface area contributed by atoms with Crippen molar-refractivity contribution in [2.75, 3.05) is 17.8 Å². The van der Waals surface area contributed by atoms with E-state index in [2.05, 4.69) is 16.0 Å². The number of carbonyl (C=O) groups is 3. The maximum atomic E-state index is 13.4. The summed E-state index contributed by atoms with van der Waals surface area (Å²) in [6.07, 6.45) is 2.40. The molecule has 10 nitrogen and oxygen atoms in total. The van der Waals surface area contributed by atoms with Crippen molar-refractivity contribution in [1.29, 1.82) is 0 Å². The van der Waals surface area contributed by atoms with Gasteiger partial charge in [0.15, 0.2) is 9.84 Å². The number of alkyl carbamates (subject to hydrolysis) is 2. The summed E-state index contributed by atoms with van der Waals surface area (Å²) >= 11 is 1.55. The van der Waals surface area contributed by atoms with Gasteiger partial charge in [-0.3, -0.25) is 4.79 Å². The van der Waals surface area contributed by atoms with Crippen LogP contribution in [0.4, 0.5) is 9.59 Å². The number of amides is 3. The molecule has 0 unspecified atom stereocenters. The highest BCUT2D eigenvalue weighted by Crippen LogP contribution is 2.30. The molecule has 0 saturated heterocycles. The molecule has 232 valence electrons. The van der Waals surface area contributed by atoms with Crippen LogP contribution in [0.5, 0.6) is 0 Å². The van der Waals surface area contributed by atoms with Crippen LogP contribution in [-0.2, 0) is 30.7 Å². The quantitative estimate of drug-likeness (QED) is 0.333. The summed E-state index contributed by atoms with van der Waals surface area (Å²) in [6.45, 7) is 10.4. The molecule has 41 heavy (non-hydrogen) atoms. The lowest BCUT2D eigenvalue weighted by Crippen LogP contribution is -2.56. The van der Waals surface area contributed by atoms with Crippen molar-refractivity contribution < 1.29 is 32.3 Å². The Hall–Kier alpha value is -2.47. The van der Waals surface area contributed by atoms with E-state index in [0.717, 1.165) is 5.56 Å². The average molecular weight is 614 g/mol. The predicted octanol–water partition coefficient (Wildman–Crippen LogP) is 4.43. The van der Waals surface area contributed by atoms with E-state index in [1.165, 1.54) is 0 Å². The summed E-state index contributed by atoms with van der Waals surface area (Å²) < 4.78 is 36.1. The standard InChI is InChI=1S/C29H47N3O7S2/c1-28(2,3)39-27(35)30-22-13-14-23(21(17-22)19-41(36,37)29(4,5)6)31-25(33)24(15-16-40-7)32-26(34)38-18-20-11-9-8-10-12-20/h8-12,21-24H,13-19H2,1-7H3,(H,30,35)(H,31,33)(H,32,34)/t21-,22+,23-,24-/m0/s1. The molecule has 3 amide bonds. The number of thioether (sulfide) groups is 1. The molecular formula is C29H47N3O7S2. The maximum absolute atomic E-state index is 13.4.